The second-order valence-corrected chi connectivity index (χ2v) is 5.33. The molecule has 4 heteroatoms. The zero-order valence-corrected chi connectivity index (χ0v) is 11.3. The third-order valence-electron chi connectivity index (χ3n) is 2.43. The van der Waals surface area contributed by atoms with E-state index < -0.39 is 10.8 Å². The molecular formula is C13H18O3S. The van der Waals surface area contributed by atoms with Gasteiger partial charge in [-0.25, -0.2) is 0 Å². The standard InChI is InChI=1S/C13H18O3S/c1-4-16-12(14)8-9-17(15)13-10(2)6-5-7-11(13)3/h5-7H,4,8-9H2,1-3H3. The minimum absolute atomic E-state index is 0.203. The molecule has 0 fully saturated rings. The third-order valence-corrected chi connectivity index (χ3v) is 4.11. The van der Waals surface area contributed by atoms with E-state index in [-0.39, 0.29) is 12.4 Å². The highest BCUT2D eigenvalue weighted by atomic mass is 32.2. The van der Waals surface area contributed by atoms with Gasteiger partial charge in [-0.1, -0.05) is 18.2 Å². The van der Waals surface area contributed by atoms with Crippen molar-refractivity contribution in [3.8, 4) is 0 Å². The average molecular weight is 254 g/mol. The van der Waals surface area contributed by atoms with Crippen molar-refractivity contribution in [2.24, 2.45) is 0 Å². The summed E-state index contributed by atoms with van der Waals surface area (Å²) in [6, 6.07) is 5.81. The quantitative estimate of drug-likeness (QED) is 0.758. The summed E-state index contributed by atoms with van der Waals surface area (Å²) in [6.45, 7) is 6.00. The lowest BCUT2D eigenvalue weighted by Crippen LogP contribution is -2.10. The van der Waals surface area contributed by atoms with Crippen LogP contribution in [0.3, 0.4) is 0 Å². The zero-order chi connectivity index (χ0) is 12.8. The largest absolute Gasteiger partial charge is 0.466 e. The van der Waals surface area contributed by atoms with Gasteiger partial charge in [-0.2, -0.15) is 0 Å². The average Bonchev–Trinajstić information content (AvgIpc) is 2.26. The van der Waals surface area contributed by atoms with E-state index in [0.29, 0.717) is 12.4 Å². The third kappa shape index (κ3) is 3.97. The highest BCUT2D eigenvalue weighted by Gasteiger charge is 2.12. The predicted molar refractivity (Wildman–Crippen MR) is 68.4 cm³/mol. The van der Waals surface area contributed by atoms with Crippen molar-refractivity contribution in [2.75, 3.05) is 12.4 Å². The molecule has 0 heterocycles. The van der Waals surface area contributed by atoms with Crippen LogP contribution in [0.2, 0.25) is 0 Å². The minimum atomic E-state index is -1.13. The molecule has 94 valence electrons. The number of esters is 1. The van der Waals surface area contributed by atoms with Gasteiger partial charge < -0.3 is 4.74 Å². The van der Waals surface area contributed by atoms with Crippen LogP contribution in [-0.2, 0) is 20.3 Å². The fourth-order valence-electron chi connectivity index (χ4n) is 1.67. The summed E-state index contributed by atoms with van der Waals surface area (Å²) < 4.78 is 16.9. The first-order valence-electron chi connectivity index (χ1n) is 5.66. The van der Waals surface area contributed by atoms with Crippen molar-refractivity contribution < 1.29 is 13.7 Å². The first-order chi connectivity index (χ1) is 8.06. The monoisotopic (exact) mass is 254 g/mol. The lowest BCUT2D eigenvalue weighted by Gasteiger charge is -2.09. The van der Waals surface area contributed by atoms with Gasteiger partial charge in [0.1, 0.15) is 0 Å². The summed E-state index contributed by atoms with van der Waals surface area (Å²) in [5.41, 5.74) is 2.01. The minimum Gasteiger partial charge on any atom is -0.466 e. The molecule has 0 aromatic heterocycles. The summed E-state index contributed by atoms with van der Waals surface area (Å²) in [4.78, 5) is 12.0. The molecule has 0 aliphatic heterocycles. The summed E-state index contributed by atoms with van der Waals surface area (Å²) in [5, 5.41) is 0. The molecule has 0 radical (unpaired) electrons. The second kappa shape index (κ2) is 6.55. The van der Waals surface area contributed by atoms with E-state index >= 15 is 0 Å². The fraction of sp³-hybridized carbons (Fsp3) is 0.462. The van der Waals surface area contributed by atoms with Crippen LogP contribution in [0, 0.1) is 13.8 Å². The molecular weight excluding hydrogens is 236 g/mol. The highest BCUT2D eigenvalue weighted by molar-refractivity contribution is 7.85. The number of carbonyl (C=O) groups is 1. The van der Waals surface area contributed by atoms with Crippen molar-refractivity contribution >= 4 is 16.8 Å². The lowest BCUT2D eigenvalue weighted by atomic mass is 10.2. The van der Waals surface area contributed by atoms with Crippen LogP contribution in [0.15, 0.2) is 23.1 Å². The van der Waals surface area contributed by atoms with E-state index in [4.69, 9.17) is 4.74 Å². The van der Waals surface area contributed by atoms with E-state index in [1.54, 1.807) is 6.92 Å². The van der Waals surface area contributed by atoms with Crippen LogP contribution in [0.5, 0.6) is 0 Å². The first-order valence-corrected chi connectivity index (χ1v) is 6.98. The highest BCUT2D eigenvalue weighted by Crippen LogP contribution is 2.18. The smallest absolute Gasteiger partial charge is 0.306 e. The van der Waals surface area contributed by atoms with Crippen molar-refractivity contribution in [3.63, 3.8) is 0 Å². The van der Waals surface area contributed by atoms with Gasteiger partial charge in [-0.05, 0) is 31.9 Å². The molecule has 1 unspecified atom stereocenters. The predicted octanol–water partition coefficient (Wildman–Crippen LogP) is 2.36. The molecule has 0 saturated carbocycles. The molecule has 1 rings (SSSR count). The van der Waals surface area contributed by atoms with Gasteiger partial charge in [0, 0.05) is 10.6 Å². The number of ether oxygens (including phenoxy) is 1. The van der Waals surface area contributed by atoms with Crippen molar-refractivity contribution in [2.45, 2.75) is 32.1 Å². The number of aryl methyl sites for hydroxylation is 2. The second-order valence-electron chi connectivity index (χ2n) is 3.83. The molecule has 1 aromatic rings. The molecule has 0 saturated heterocycles. The Hall–Kier alpha value is -1.16. The van der Waals surface area contributed by atoms with Crippen molar-refractivity contribution in [1.29, 1.82) is 0 Å². The molecule has 0 amide bonds. The number of hydrogen-bond acceptors (Lipinski definition) is 3. The van der Waals surface area contributed by atoms with E-state index in [2.05, 4.69) is 0 Å². The number of carbonyl (C=O) groups excluding carboxylic acids is 1. The van der Waals surface area contributed by atoms with E-state index in [1.165, 1.54) is 0 Å². The van der Waals surface area contributed by atoms with Crippen LogP contribution in [-0.4, -0.2) is 22.5 Å². The molecule has 17 heavy (non-hydrogen) atoms. The first kappa shape index (κ1) is 13.9. The summed E-state index contributed by atoms with van der Waals surface area (Å²) in [6.07, 6.45) is 0.203. The fourth-order valence-corrected chi connectivity index (χ4v) is 3.08. The maximum Gasteiger partial charge on any atom is 0.306 e. The Morgan fingerprint density at radius 3 is 2.41 bits per heavy atom. The van der Waals surface area contributed by atoms with Crippen LogP contribution in [0.1, 0.15) is 24.5 Å². The molecule has 1 atom stereocenters. The Balaban J connectivity index is 2.68. The maximum absolute atomic E-state index is 12.1. The summed E-state index contributed by atoms with van der Waals surface area (Å²) >= 11 is 0. The molecule has 0 aliphatic carbocycles. The number of hydrogen-bond donors (Lipinski definition) is 0. The summed E-state index contributed by atoms with van der Waals surface area (Å²) in [5.74, 6) is 0.0388. The molecule has 0 bridgehead atoms. The summed E-state index contributed by atoms with van der Waals surface area (Å²) in [7, 11) is -1.13. The van der Waals surface area contributed by atoms with Crippen LogP contribution in [0.4, 0.5) is 0 Å². The van der Waals surface area contributed by atoms with Gasteiger partial charge in [0.05, 0.1) is 23.8 Å². The van der Waals surface area contributed by atoms with Crippen LogP contribution >= 0.6 is 0 Å². The van der Waals surface area contributed by atoms with Crippen LogP contribution in [0.25, 0.3) is 0 Å². The molecule has 3 nitrogen and oxygen atoms in total. The van der Waals surface area contributed by atoms with Gasteiger partial charge in [0.25, 0.3) is 0 Å². The van der Waals surface area contributed by atoms with Crippen LogP contribution < -0.4 is 0 Å². The molecule has 0 aliphatic rings. The van der Waals surface area contributed by atoms with E-state index in [1.807, 2.05) is 32.0 Å². The number of rotatable bonds is 5. The molecule has 0 spiro atoms. The van der Waals surface area contributed by atoms with Gasteiger partial charge in [0.2, 0.25) is 0 Å². The topological polar surface area (TPSA) is 43.4 Å². The van der Waals surface area contributed by atoms with Gasteiger partial charge in [-0.15, -0.1) is 0 Å². The Bertz CT molecular complexity index is 406. The van der Waals surface area contributed by atoms with Gasteiger partial charge in [0.15, 0.2) is 0 Å². The Labute approximate surface area is 105 Å². The number of benzene rings is 1. The van der Waals surface area contributed by atoms with Gasteiger partial charge in [-0.3, -0.25) is 9.00 Å². The Kier molecular flexibility index (Phi) is 5.35. The normalized spacial score (nSPS) is 12.2. The van der Waals surface area contributed by atoms with Gasteiger partial charge >= 0.3 is 5.97 Å². The molecule has 0 N–H and O–H groups in total. The van der Waals surface area contributed by atoms with Crippen molar-refractivity contribution in [3.05, 3.63) is 29.3 Å². The van der Waals surface area contributed by atoms with E-state index in [9.17, 15) is 9.00 Å². The SMILES string of the molecule is CCOC(=O)CCS(=O)c1c(C)cccc1C. The Morgan fingerprint density at radius 2 is 1.88 bits per heavy atom. The van der Waals surface area contributed by atoms with E-state index in [0.717, 1.165) is 16.0 Å². The zero-order valence-electron chi connectivity index (χ0n) is 10.5. The van der Waals surface area contributed by atoms with Crippen molar-refractivity contribution in [1.82, 2.24) is 0 Å². The Morgan fingerprint density at radius 1 is 1.29 bits per heavy atom. The maximum atomic E-state index is 12.1. The molecule has 1 aromatic carbocycles. The lowest BCUT2D eigenvalue weighted by molar-refractivity contribution is -0.142.